The summed E-state index contributed by atoms with van der Waals surface area (Å²) in [4.78, 5) is 4.45. The first kappa shape index (κ1) is 9.52. The second kappa shape index (κ2) is 3.61. The van der Waals surface area contributed by atoms with Gasteiger partial charge in [-0.3, -0.25) is 4.98 Å². The van der Waals surface area contributed by atoms with Crippen LogP contribution in [0, 0.1) is 0 Å². The molecule has 2 rings (SSSR count). The summed E-state index contributed by atoms with van der Waals surface area (Å²) in [5.41, 5.74) is 14.7. The highest BCUT2D eigenvalue weighted by molar-refractivity contribution is 5.96. The number of rotatable bonds is 2. The molecule has 0 saturated carbocycles. The number of benzene rings is 1. The summed E-state index contributed by atoms with van der Waals surface area (Å²) in [7, 11) is 0. The molecule has 0 saturated heterocycles. The highest BCUT2D eigenvalue weighted by atomic mass is 14.8. The molecule has 0 fully saturated rings. The van der Waals surface area contributed by atoms with Crippen LogP contribution in [0.4, 0.5) is 11.4 Å². The molecule has 15 heavy (non-hydrogen) atoms. The molecule has 0 aliphatic heterocycles. The Morgan fingerprint density at radius 1 is 1.20 bits per heavy atom. The Bertz CT molecular complexity index is 518. The lowest BCUT2D eigenvalue weighted by Gasteiger charge is -2.09. The van der Waals surface area contributed by atoms with Crippen molar-refractivity contribution in [3.63, 3.8) is 0 Å². The first-order chi connectivity index (χ1) is 7.24. The predicted molar refractivity (Wildman–Crippen MR) is 64.5 cm³/mol. The molecule has 0 spiro atoms. The van der Waals surface area contributed by atoms with Gasteiger partial charge in [0.15, 0.2) is 0 Å². The third-order valence-electron chi connectivity index (χ3n) is 2.39. The van der Waals surface area contributed by atoms with E-state index < -0.39 is 0 Å². The zero-order valence-electron chi connectivity index (χ0n) is 8.40. The van der Waals surface area contributed by atoms with Gasteiger partial charge in [0.1, 0.15) is 0 Å². The van der Waals surface area contributed by atoms with Crippen molar-refractivity contribution in [2.75, 3.05) is 11.5 Å². The molecular formula is C12H13N3. The number of nitrogens with zero attached hydrogens (tertiary/aromatic N) is 1. The zero-order valence-corrected chi connectivity index (χ0v) is 8.40. The molecule has 3 heteroatoms. The van der Waals surface area contributed by atoms with E-state index in [9.17, 15) is 0 Å². The summed E-state index contributed by atoms with van der Waals surface area (Å²) >= 11 is 0. The van der Waals surface area contributed by atoms with Crippen molar-refractivity contribution in [3.05, 3.63) is 42.6 Å². The van der Waals surface area contributed by atoms with Crippen LogP contribution in [0.3, 0.4) is 0 Å². The molecule has 0 amide bonds. The lowest BCUT2D eigenvalue weighted by molar-refractivity contribution is 1.15. The number of hydrogen-bond acceptors (Lipinski definition) is 3. The van der Waals surface area contributed by atoms with Crippen molar-refractivity contribution in [1.29, 1.82) is 0 Å². The first-order valence-electron chi connectivity index (χ1n) is 4.77. The summed E-state index contributed by atoms with van der Waals surface area (Å²) in [5, 5.41) is 0.905. The number of anilines is 2. The summed E-state index contributed by atoms with van der Waals surface area (Å²) in [5.74, 6) is 0. The molecule has 0 aliphatic carbocycles. The molecule has 76 valence electrons. The second-order valence-electron chi connectivity index (χ2n) is 3.40. The number of aromatic nitrogens is 1. The van der Waals surface area contributed by atoms with Gasteiger partial charge in [0.25, 0.3) is 0 Å². The van der Waals surface area contributed by atoms with Crippen molar-refractivity contribution in [2.24, 2.45) is 0 Å². The molecule has 0 aliphatic rings. The average Bonchev–Trinajstić information content (AvgIpc) is 2.26. The van der Waals surface area contributed by atoms with Gasteiger partial charge >= 0.3 is 0 Å². The topological polar surface area (TPSA) is 64.9 Å². The van der Waals surface area contributed by atoms with Crippen LogP contribution in [0.1, 0.15) is 5.69 Å². The minimum atomic E-state index is 0.564. The molecular weight excluding hydrogens is 186 g/mol. The maximum Gasteiger partial charge on any atom is 0.0776 e. The Morgan fingerprint density at radius 2 is 1.93 bits per heavy atom. The Kier molecular flexibility index (Phi) is 2.29. The third-order valence-corrected chi connectivity index (χ3v) is 2.39. The molecule has 2 aromatic rings. The number of pyridine rings is 1. The van der Waals surface area contributed by atoms with E-state index in [0.717, 1.165) is 16.6 Å². The third kappa shape index (κ3) is 1.52. The Hall–Kier alpha value is -2.03. The SMILES string of the molecule is C=CCc1nc2ccccc2c(N)c1N. The van der Waals surface area contributed by atoms with Crippen molar-refractivity contribution in [3.8, 4) is 0 Å². The van der Waals surface area contributed by atoms with Crippen LogP contribution in [-0.2, 0) is 6.42 Å². The van der Waals surface area contributed by atoms with E-state index in [-0.39, 0.29) is 0 Å². The summed E-state index contributed by atoms with van der Waals surface area (Å²) < 4.78 is 0. The number of nitrogens with two attached hydrogens (primary N) is 2. The number of hydrogen-bond donors (Lipinski definition) is 2. The van der Waals surface area contributed by atoms with Gasteiger partial charge in [-0.15, -0.1) is 6.58 Å². The maximum atomic E-state index is 5.95. The quantitative estimate of drug-likeness (QED) is 0.728. The Morgan fingerprint density at radius 3 is 2.67 bits per heavy atom. The second-order valence-corrected chi connectivity index (χ2v) is 3.40. The molecule has 0 bridgehead atoms. The average molecular weight is 199 g/mol. The molecule has 3 nitrogen and oxygen atoms in total. The van der Waals surface area contributed by atoms with Crippen molar-refractivity contribution in [1.82, 2.24) is 4.98 Å². The van der Waals surface area contributed by atoms with Crippen molar-refractivity contribution < 1.29 is 0 Å². The Balaban J connectivity index is 2.76. The summed E-state index contributed by atoms with van der Waals surface area (Å²) in [6.45, 7) is 3.67. The normalized spacial score (nSPS) is 10.4. The minimum absolute atomic E-state index is 0.564. The van der Waals surface area contributed by atoms with Crippen LogP contribution in [0.5, 0.6) is 0 Å². The zero-order chi connectivity index (χ0) is 10.8. The first-order valence-corrected chi connectivity index (χ1v) is 4.77. The fraction of sp³-hybridized carbons (Fsp3) is 0.0833. The molecule has 0 radical (unpaired) electrons. The lowest BCUT2D eigenvalue weighted by Crippen LogP contribution is -2.03. The van der Waals surface area contributed by atoms with Crippen LogP contribution < -0.4 is 11.5 Å². The van der Waals surface area contributed by atoms with E-state index in [1.807, 2.05) is 24.3 Å². The van der Waals surface area contributed by atoms with Gasteiger partial charge in [-0.05, 0) is 6.07 Å². The van der Waals surface area contributed by atoms with E-state index in [0.29, 0.717) is 17.8 Å². The number of para-hydroxylation sites is 1. The van der Waals surface area contributed by atoms with Gasteiger partial charge in [-0.1, -0.05) is 24.3 Å². The van der Waals surface area contributed by atoms with E-state index in [1.54, 1.807) is 6.08 Å². The Labute approximate surface area is 88.4 Å². The molecule has 0 unspecified atom stereocenters. The predicted octanol–water partition coefficient (Wildman–Crippen LogP) is 2.13. The van der Waals surface area contributed by atoms with E-state index in [2.05, 4.69) is 11.6 Å². The van der Waals surface area contributed by atoms with Gasteiger partial charge in [-0.2, -0.15) is 0 Å². The van der Waals surface area contributed by atoms with Crippen LogP contribution in [0.25, 0.3) is 10.9 Å². The van der Waals surface area contributed by atoms with E-state index in [4.69, 9.17) is 11.5 Å². The fourth-order valence-electron chi connectivity index (χ4n) is 1.60. The minimum Gasteiger partial charge on any atom is -0.396 e. The largest absolute Gasteiger partial charge is 0.396 e. The van der Waals surface area contributed by atoms with Crippen LogP contribution in [-0.4, -0.2) is 4.98 Å². The smallest absolute Gasteiger partial charge is 0.0776 e. The maximum absolute atomic E-state index is 5.95. The highest BCUT2D eigenvalue weighted by Gasteiger charge is 2.07. The molecule has 4 N–H and O–H groups in total. The van der Waals surface area contributed by atoms with Crippen LogP contribution in [0.2, 0.25) is 0 Å². The number of nitrogen functional groups attached to an aromatic ring is 2. The monoisotopic (exact) mass is 199 g/mol. The van der Waals surface area contributed by atoms with Crippen molar-refractivity contribution >= 4 is 22.3 Å². The summed E-state index contributed by atoms with van der Waals surface area (Å²) in [6, 6.07) is 7.71. The standard InChI is InChI=1S/C12H13N3/c1-2-5-10-12(14)11(13)8-6-3-4-7-9(8)15-10/h2-4,6-7H,1,5,14H2,(H2,13,15). The fourth-order valence-corrected chi connectivity index (χ4v) is 1.60. The van der Waals surface area contributed by atoms with Crippen LogP contribution >= 0.6 is 0 Å². The molecule has 0 atom stereocenters. The summed E-state index contributed by atoms with van der Waals surface area (Å²) in [6.07, 6.45) is 2.41. The van der Waals surface area contributed by atoms with Gasteiger partial charge < -0.3 is 11.5 Å². The lowest BCUT2D eigenvalue weighted by atomic mass is 10.1. The van der Waals surface area contributed by atoms with E-state index >= 15 is 0 Å². The van der Waals surface area contributed by atoms with Crippen molar-refractivity contribution in [2.45, 2.75) is 6.42 Å². The molecule has 1 heterocycles. The van der Waals surface area contributed by atoms with E-state index in [1.165, 1.54) is 0 Å². The van der Waals surface area contributed by atoms with Gasteiger partial charge in [0, 0.05) is 11.8 Å². The van der Waals surface area contributed by atoms with Gasteiger partial charge in [0.2, 0.25) is 0 Å². The molecule has 1 aromatic heterocycles. The van der Waals surface area contributed by atoms with Crippen LogP contribution in [0.15, 0.2) is 36.9 Å². The molecule has 1 aromatic carbocycles. The highest BCUT2D eigenvalue weighted by Crippen LogP contribution is 2.27. The number of allylic oxidation sites excluding steroid dienone is 1. The van der Waals surface area contributed by atoms with Gasteiger partial charge in [0.05, 0.1) is 22.6 Å². The van der Waals surface area contributed by atoms with Gasteiger partial charge in [-0.25, -0.2) is 0 Å². The number of fused-ring (bicyclic) bond motifs is 1.